The lowest BCUT2D eigenvalue weighted by molar-refractivity contribution is -0.0361. The fourth-order valence-electron chi connectivity index (χ4n) is 3.02. The van der Waals surface area contributed by atoms with E-state index in [0.29, 0.717) is 0 Å². The highest BCUT2D eigenvalue weighted by Crippen LogP contribution is 2.44. The highest BCUT2D eigenvalue weighted by molar-refractivity contribution is 6.30. The molecule has 1 aliphatic heterocycles. The van der Waals surface area contributed by atoms with Crippen LogP contribution >= 0.6 is 11.6 Å². The van der Waals surface area contributed by atoms with Crippen molar-refractivity contribution in [2.45, 2.75) is 37.7 Å². The van der Waals surface area contributed by atoms with E-state index in [9.17, 15) is 5.11 Å². The summed E-state index contributed by atoms with van der Waals surface area (Å²) in [4.78, 5) is 2.32. The van der Waals surface area contributed by atoms with Crippen molar-refractivity contribution < 1.29 is 5.11 Å². The molecule has 0 atom stereocenters. The smallest absolute Gasteiger partial charge is 0.0688 e. The molecule has 1 aromatic rings. The number of piperidine rings is 1. The zero-order valence-electron chi connectivity index (χ0n) is 11.4. The summed E-state index contributed by atoms with van der Waals surface area (Å²) in [5.74, 6) is 0. The minimum absolute atomic E-state index is 0.163. The van der Waals surface area contributed by atoms with Crippen molar-refractivity contribution in [1.29, 1.82) is 0 Å². The molecule has 100 valence electrons. The van der Waals surface area contributed by atoms with Gasteiger partial charge in [-0.2, -0.15) is 0 Å². The van der Waals surface area contributed by atoms with Gasteiger partial charge in [-0.3, -0.25) is 0 Å². The molecule has 3 heteroatoms. The highest BCUT2D eigenvalue weighted by Gasteiger charge is 2.46. The summed E-state index contributed by atoms with van der Waals surface area (Å²) in [6.45, 7) is 5.89. The summed E-state index contributed by atoms with van der Waals surface area (Å²) in [5.41, 5.74) is 0.319. The maximum Gasteiger partial charge on any atom is 0.0688 e. The molecule has 18 heavy (non-hydrogen) atoms. The van der Waals surface area contributed by atoms with Crippen molar-refractivity contribution in [2.24, 2.45) is 0 Å². The fraction of sp³-hybridized carbons (Fsp3) is 0.600. The maximum absolute atomic E-state index is 10.7. The zero-order valence-corrected chi connectivity index (χ0v) is 12.2. The normalized spacial score (nSPS) is 20.9. The number of benzene rings is 1. The van der Waals surface area contributed by atoms with Gasteiger partial charge in [-0.05, 0) is 64.5 Å². The Hall–Kier alpha value is -0.570. The van der Waals surface area contributed by atoms with Crippen LogP contribution in [-0.4, -0.2) is 35.7 Å². The third-order valence-electron chi connectivity index (χ3n) is 4.41. The van der Waals surface area contributed by atoms with E-state index in [1.807, 2.05) is 26.0 Å². The van der Waals surface area contributed by atoms with Crippen molar-refractivity contribution in [3.8, 4) is 0 Å². The topological polar surface area (TPSA) is 23.5 Å². The molecule has 1 N–H and O–H groups in total. The Morgan fingerprint density at radius 3 is 2.11 bits per heavy atom. The first-order valence-corrected chi connectivity index (χ1v) is 6.90. The van der Waals surface area contributed by atoms with E-state index >= 15 is 0 Å². The molecule has 0 radical (unpaired) electrons. The van der Waals surface area contributed by atoms with Crippen LogP contribution in [0.5, 0.6) is 0 Å². The lowest BCUT2D eigenvalue weighted by Crippen LogP contribution is -2.53. The molecule has 0 aliphatic carbocycles. The number of rotatable bonds is 2. The van der Waals surface area contributed by atoms with Crippen LogP contribution in [0.1, 0.15) is 32.3 Å². The Labute approximate surface area is 115 Å². The number of aliphatic hydroxyl groups is 1. The van der Waals surface area contributed by atoms with E-state index < -0.39 is 5.60 Å². The fourth-order valence-corrected chi connectivity index (χ4v) is 3.15. The summed E-state index contributed by atoms with van der Waals surface area (Å²) >= 11 is 5.96. The van der Waals surface area contributed by atoms with E-state index in [1.165, 1.54) is 5.56 Å². The Morgan fingerprint density at radius 1 is 1.17 bits per heavy atom. The van der Waals surface area contributed by atoms with Gasteiger partial charge < -0.3 is 10.0 Å². The van der Waals surface area contributed by atoms with E-state index in [2.05, 4.69) is 24.1 Å². The van der Waals surface area contributed by atoms with Crippen LogP contribution in [0.25, 0.3) is 0 Å². The Balaban J connectivity index is 2.40. The molecule has 2 rings (SSSR count). The van der Waals surface area contributed by atoms with Gasteiger partial charge in [-0.1, -0.05) is 23.7 Å². The predicted octanol–water partition coefficient (Wildman–Crippen LogP) is 3.07. The van der Waals surface area contributed by atoms with Crippen LogP contribution in [0.4, 0.5) is 0 Å². The van der Waals surface area contributed by atoms with Gasteiger partial charge >= 0.3 is 0 Å². The second-order valence-corrected chi connectivity index (χ2v) is 6.39. The third-order valence-corrected chi connectivity index (χ3v) is 4.66. The largest absolute Gasteiger partial charge is 0.390 e. The highest BCUT2D eigenvalue weighted by atomic mass is 35.5. The quantitative estimate of drug-likeness (QED) is 0.890. The van der Waals surface area contributed by atoms with Crippen LogP contribution in [0, 0.1) is 0 Å². The van der Waals surface area contributed by atoms with E-state index in [-0.39, 0.29) is 5.41 Å². The molecule has 0 spiro atoms. The summed E-state index contributed by atoms with van der Waals surface area (Å²) in [7, 11) is 2.14. The van der Waals surface area contributed by atoms with Gasteiger partial charge in [0.1, 0.15) is 0 Å². The lowest BCUT2D eigenvalue weighted by atomic mass is 9.63. The molecule has 1 heterocycles. The van der Waals surface area contributed by atoms with Crippen LogP contribution in [0.15, 0.2) is 24.3 Å². The van der Waals surface area contributed by atoms with Crippen molar-refractivity contribution in [3.05, 3.63) is 34.9 Å². The molecule has 1 aliphatic rings. The van der Waals surface area contributed by atoms with Gasteiger partial charge in [-0.15, -0.1) is 0 Å². The van der Waals surface area contributed by atoms with E-state index in [4.69, 9.17) is 11.6 Å². The molecular weight excluding hydrogens is 246 g/mol. The third kappa shape index (κ3) is 2.42. The first-order chi connectivity index (χ1) is 8.35. The molecule has 0 aromatic heterocycles. The molecular formula is C15H22ClNO. The zero-order chi connectivity index (χ0) is 13.4. The van der Waals surface area contributed by atoms with Crippen molar-refractivity contribution in [1.82, 2.24) is 4.90 Å². The SMILES string of the molecule is CN1CCC(c2ccc(Cl)cc2)(C(C)(C)O)CC1. The molecule has 0 bridgehead atoms. The second-order valence-electron chi connectivity index (χ2n) is 5.95. The van der Waals surface area contributed by atoms with E-state index in [0.717, 1.165) is 31.0 Å². The van der Waals surface area contributed by atoms with Crippen LogP contribution in [0.3, 0.4) is 0 Å². The molecule has 0 saturated carbocycles. The number of halogens is 1. The van der Waals surface area contributed by atoms with Gasteiger partial charge in [0.05, 0.1) is 5.60 Å². The molecule has 1 aromatic carbocycles. The molecule has 2 nitrogen and oxygen atoms in total. The summed E-state index contributed by atoms with van der Waals surface area (Å²) in [6, 6.07) is 7.96. The van der Waals surface area contributed by atoms with Gasteiger partial charge in [0, 0.05) is 10.4 Å². The number of nitrogens with zero attached hydrogens (tertiary/aromatic N) is 1. The van der Waals surface area contributed by atoms with Crippen molar-refractivity contribution in [2.75, 3.05) is 20.1 Å². The molecule has 1 fully saturated rings. The summed E-state index contributed by atoms with van der Waals surface area (Å²) in [6.07, 6.45) is 1.96. The molecule has 1 saturated heterocycles. The van der Waals surface area contributed by atoms with Gasteiger partial charge in [0.2, 0.25) is 0 Å². The maximum atomic E-state index is 10.7. The Morgan fingerprint density at radius 2 is 1.67 bits per heavy atom. The first-order valence-electron chi connectivity index (χ1n) is 6.52. The van der Waals surface area contributed by atoms with E-state index in [1.54, 1.807) is 0 Å². The predicted molar refractivity (Wildman–Crippen MR) is 76.2 cm³/mol. The van der Waals surface area contributed by atoms with Gasteiger partial charge in [0.15, 0.2) is 0 Å². The van der Waals surface area contributed by atoms with Gasteiger partial charge in [0.25, 0.3) is 0 Å². The first kappa shape index (κ1) is 13.9. The Kier molecular flexibility index (Phi) is 3.72. The Bertz CT molecular complexity index is 399. The number of hydrogen-bond acceptors (Lipinski definition) is 2. The number of hydrogen-bond donors (Lipinski definition) is 1. The minimum atomic E-state index is -0.720. The summed E-state index contributed by atoms with van der Waals surface area (Å²) in [5, 5.41) is 11.4. The standard InChI is InChI=1S/C15H22ClNO/c1-14(2,18)15(8-10-17(3)11-9-15)12-4-6-13(16)7-5-12/h4-7,18H,8-11H2,1-3H3. The lowest BCUT2D eigenvalue weighted by Gasteiger charge is -2.48. The average molecular weight is 268 g/mol. The number of likely N-dealkylation sites (tertiary alicyclic amines) is 1. The van der Waals surface area contributed by atoms with Crippen LogP contribution in [0.2, 0.25) is 5.02 Å². The monoisotopic (exact) mass is 267 g/mol. The van der Waals surface area contributed by atoms with Crippen molar-refractivity contribution >= 4 is 11.6 Å². The molecule has 0 unspecified atom stereocenters. The average Bonchev–Trinajstić information content (AvgIpc) is 2.30. The molecule has 0 amide bonds. The summed E-state index contributed by atoms with van der Waals surface area (Å²) < 4.78 is 0. The van der Waals surface area contributed by atoms with Gasteiger partial charge in [-0.25, -0.2) is 0 Å². The minimum Gasteiger partial charge on any atom is -0.390 e. The van der Waals surface area contributed by atoms with Crippen molar-refractivity contribution in [3.63, 3.8) is 0 Å². The second kappa shape index (κ2) is 4.84. The van der Waals surface area contributed by atoms with Crippen LogP contribution in [-0.2, 0) is 5.41 Å². The van der Waals surface area contributed by atoms with Crippen LogP contribution < -0.4 is 0 Å².